The van der Waals surface area contributed by atoms with E-state index in [9.17, 15) is 35.2 Å². The van der Waals surface area contributed by atoms with Crippen LogP contribution >= 0.6 is 0 Å². The average molecular weight is 490 g/mol. The fraction of sp³-hybridized carbons (Fsp3) is 0.400. The normalized spacial score (nSPS) is 24.2. The molecule has 2 atom stereocenters. The number of hydrogen-bond donors (Lipinski definition) is 2. The van der Waals surface area contributed by atoms with Crippen LogP contribution in [0.1, 0.15) is 29.3 Å². The lowest BCUT2D eigenvalue weighted by atomic mass is 9.97. The van der Waals surface area contributed by atoms with Crippen LogP contribution in [0, 0.1) is 11.3 Å². The maximum Gasteiger partial charge on any atom is 0.417 e. The summed E-state index contributed by atoms with van der Waals surface area (Å²) in [4.78, 5) is 17.8. The highest BCUT2D eigenvalue weighted by atomic mass is 32.2. The molecule has 7 nitrogen and oxygen atoms in total. The lowest BCUT2D eigenvalue weighted by molar-refractivity contribution is -0.137. The molecule has 1 aromatic carbocycles. The van der Waals surface area contributed by atoms with E-state index in [1.54, 1.807) is 0 Å². The van der Waals surface area contributed by atoms with Gasteiger partial charge in [0, 0.05) is 30.4 Å². The molecular weight excluding hydrogens is 471 g/mol. The number of nitrogens with two attached hydrogens (primary N) is 1. The number of carbonyl (C=O) groups is 1. The number of carbonyl (C=O) groups excluding carboxylic acids is 1. The van der Waals surface area contributed by atoms with Crippen molar-refractivity contribution < 1.29 is 35.2 Å². The zero-order valence-electron chi connectivity index (χ0n) is 17.2. The van der Waals surface area contributed by atoms with Gasteiger partial charge in [-0.05, 0) is 30.7 Å². The maximum atomic E-state index is 14.1. The number of hydrogen-bond acceptors (Lipinski definition) is 5. The zero-order valence-corrected chi connectivity index (χ0v) is 18.0. The molecule has 1 saturated heterocycles. The van der Waals surface area contributed by atoms with Gasteiger partial charge in [-0.25, -0.2) is 27.3 Å². The monoisotopic (exact) mass is 490 g/mol. The van der Waals surface area contributed by atoms with Crippen molar-refractivity contribution in [2.75, 3.05) is 23.3 Å². The Morgan fingerprint density at radius 2 is 1.97 bits per heavy atom. The van der Waals surface area contributed by atoms with Crippen molar-refractivity contribution in [2.45, 2.75) is 30.3 Å². The van der Waals surface area contributed by atoms with E-state index < -0.39 is 50.5 Å². The van der Waals surface area contributed by atoms with E-state index in [4.69, 9.17) is 5.14 Å². The van der Waals surface area contributed by atoms with Gasteiger partial charge < -0.3 is 10.2 Å². The molecule has 1 aliphatic heterocycles. The fourth-order valence-electron chi connectivity index (χ4n) is 4.18. The molecule has 2 aliphatic rings. The number of rotatable bonds is 4. The van der Waals surface area contributed by atoms with Crippen LogP contribution in [0.15, 0.2) is 41.4 Å². The number of amides is 1. The molecule has 33 heavy (non-hydrogen) atoms. The summed E-state index contributed by atoms with van der Waals surface area (Å²) in [5, 5.41) is 7.40. The Kier molecular flexibility index (Phi) is 5.20. The molecule has 0 bridgehead atoms. The minimum atomic E-state index is -4.79. The highest BCUT2D eigenvalue weighted by molar-refractivity contribution is 7.89. The summed E-state index contributed by atoms with van der Waals surface area (Å²) < 4.78 is 91.2. The second-order valence-electron chi connectivity index (χ2n) is 8.41. The Morgan fingerprint density at radius 1 is 1.27 bits per heavy atom. The molecule has 13 heteroatoms. The van der Waals surface area contributed by atoms with E-state index in [-0.39, 0.29) is 35.9 Å². The first-order chi connectivity index (χ1) is 15.1. The number of fused-ring (bicyclic) bond motifs is 1. The van der Waals surface area contributed by atoms with Gasteiger partial charge in [0.25, 0.3) is 11.8 Å². The third-order valence-electron chi connectivity index (χ3n) is 6.35. The lowest BCUT2D eigenvalue weighted by Gasteiger charge is -2.31. The second kappa shape index (κ2) is 7.35. The van der Waals surface area contributed by atoms with Gasteiger partial charge in [0.2, 0.25) is 10.0 Å². The van der Waals surface area contributed by atoms with Crippen LogP contribution in [0.2, 0.25) is 0 Å². The quantitative estimate of drug-likeness (QED) is 0.639. The standard InChI is InChI=1S/C20H19F5N4O3S/c1-18-5-6-29(10-15(18)19(18,21)22)16-14(7-11(9-27-16)20(23,24)25)17(30)28-12-3-2-4-13(8-12)33(26,31)32/h2-4,7-9,15H,5-6,10H2,1H3,(H,28,30)(H2,26,31,32). The Morgan fingerprint density at radius 3 is 2.58 bits per heavy atom. The van der Waals surface area contributed by atoms with Crippen molar-refractivity contribution in [2.24, 2.45) is 16.5 Å². The number of anilines is 2. The summed E-state index contributed by atoms with van der Waals surface area (Å²) in [5.41, 5.74) is -2.87. The van der Waals surface area contributed by atoms with E-state index >= 15 is 0 Å². The van der Waals surface area contributed by atoms with Crippen LogP contribution in [0.4, 0.5) is 33.5 Å². The number of aromatic nitrogens is 1. The maximum absolute atomic E-state index is 14.1. The van der Waals surface area contributed by atoms with Gasteiger partial charge in [0.15, 0.2) is 0 Å². The second-order valence-corrected chi connectivity index (χ2v) is 9.97. The highest BCUT2D eigenvalue weighted by Gasteiger charge is 2.78. The predicted octanol–water partition coefficient (Wildman–Crippen LogP) is 3.48. The molecule has 0 radical (unpaired) electrons. The van der Waals surface area contributed by atoms with Crippen LogP contribution in [0.3, 0.4) is 0 Å². The largest absolute Gasteiger partial charge is 0.417 e. The molecule has 1 aromatic heterocycles. The van der Waals surface area contributed by atoms with Crippen molar-refractivity contribution in [3.8, 4) is 0 Å². The summed E-state index contributed by atoms with van der Waals surface area (Å²) in [6, 6.07) is 5.44. The number of nitrogens with one attached hydrogen (secondary N) is 1. The average Bonchev–Trinajstić information content (AvgIpc) is 3.17. The van der Waals surface area contributed by atoms with Gasteiger partial charge in [-0.1, -0.05) is 13.0 Å². The van der Waals surface area contributed by atoms with Crippen molar-refractivity contribution in [1.29, 1.82) is 0 Å². The van der Waals surface area contributed by atoms with Crippen molar-refractivity contribution in [1.82, 2.24) is 4.98 Å². The molecule has 2 unspecified atom stereocenters. The van der Waals surface area contributed by atoms with Gasteiger partial charge in [-0.15, -0.1) is 0 Å². The predicted molar refractivity (Wildman–Crippen MR) is 108 cm³/mol. The number of pyridine rings is 1. The molecule has 1 aliphatic carbocycles. The van der Waals surface area contributed by atoms with E-state index in [1.165, 1.54) is 30.0 Å². The van der Waals surface area contributed by atoms with Crippen LogP contribution < -0.4 is 15.4 Å². The minimum absolute atomic E-state index is 0.0326. The summed E-state index contributed by atoms with van der Waals surface area (Å²) in [7, 11) is -4.09. The first-order valence-corrected chi connectivity index (χ1v) is 11.3. The van der Waals surface area contributed by atoms with Gasteiger partial charge in [0.05, 0.1) is 21.9 Å². The summed E-state index contributed by atoms with van der Waals surface area (Å²) in [6.07, 6.45) is -4.16. The SMILES string of the molecule is CC12CCN(c3ncc(C(F)(F)F)cc3C(=O)Nc3cccc(S(N)(=O)=O)c3)CC1C2(F)F. The third-order valence-corrected chi connectivity index (χ3v) is 7.26. The van der Waals surface area contributed by atoms with Gasteiger partial charge in [0.1, 0.15) is 5.82 Å². The van der Waals surface area contributed by atoms with E-state index in [0.29, 0.717) is 12.3 Å². The van der Waals surface area contributed by atoms with Gasteiger partial charge in [-0.2, -0.15) is 13.2 Å². The molecule has 2 aromatic rings. The van der Waals surface area contributed by atoms with E-state index in [1.807, 2.05) is 0 Å². The molecule has 2 heterocycles. The Hall–Kier alpha value is -2.80. The zero-order chi connectivity index (χ0) is 24.4. The first kappa shape index (κ1) is 23.4. The smallest absolute Gasteiger partial charge is 0.355 e. The Balaban J connectivity index is 1.68. The number of piperidine rings is 1. The molecular formula is C20H19F5N4O3S. The fourth-order valence-corrected chi connectivity index (χ4v) is 4.74. The Bertz CT molecular complexity index is 1230. The third kappa shape index (κ3) is 4.03. The summed E-state index contributed by atoms with van der Waals surface area (Å²) in [5.74, 6) is -5.06. The molecule has 2 fully saturated rings. The number of primary sulfonamides is 1. The summed E-state index contributed by atoms with van der Waals surface area (Å²) in [6.45, 7) is 1.38. The summed E-state index contributed by atoms with van der Waals surface area (Å²) >= 11 is 0. The molecule has 178 valence electrons. The van der Waals surface area contributed by atoms with E-state index in [0.717, 1.165) is 6.07 Å². The van der Waals surface area contributed by atoms with Crippen molar-refractivity contribution in [3.63, 3.8) is 0 Å². The molecule has 1 saturated carbocycles. The van der Waals surface area contributed by atoms with Crippen molar-refractivity contribution in [3.05, 3.63) is 47.7 Å². The highest BCUT2D eigenvalue weighted by Crippen LogP contribution is 2.69. The topological polar surface area (TPSA) is 105 Å². The Labute approximate surface area is 185 Å². The van der Waals surface area contributed by atoms with Crippen LogP contribution in [0.5, 0.6) is 0 Å². The molecule has 4 rings (SSSR count). The number of nitrogens with zero attached hydrogens (tertiary/aromatic N) is 2. The van der Waals surface area contributed by atoms with Crippen LogP contribution in [-0.2, 0) is 16.2 Å². The van der Waals surface area contributed by atoms with Gasteiger partial charge >= 0.3 is 6.18 Å². The number of sulfonamides is 1. The first-order valence-electron chi connectivity index (χ1n) is 9.79. The van der Waals surface area contributed by atoms with Crippen LogP contribution in [0.25, 0.3) is 0 Å². The van der Waals surface area contributed by atoms with Crippen molar-refractivity contribution >= 4 is 27.4 Å². The van der Waals surface area contributed by atoms with Crippen LogP contribution in [-0.4, -0.2) is 38.3 Å². The lowest BCUT2D eigenvalue weighted by Crippen LogP contribution is -2.36. The van der Waals surface area contributed by atoms with E-state index in [2.05, 4.69) is 10.3 Å². The molecule has 1 amide bonds. The molecule has 3 N–H and O–H groups in total. The number of halogens is 5. The minimum Gasteiger partial charge on any atom is -0.355 e. The van der Waals surface area contributed by atoms with Gasteiger partial charge in [-0.3, -0.25) is 4.79 Å². The number of benzene rings is 1. The number of alkyl halides is 5. The molecule has 0 spiro atoms.